The summed E-state index contributed by atoms with van der Waals surface area (Å²) in [5, 5.41) is 24.2. The maximum Gasteiger partial charge on any atom is 0.0664 e. The predicted octanol–water partition coefficient (Wildman–Crippen LogP) is 6.29. The Labute approximate surface area is 203 Å². The second-order valence-electron chi connectivity index (χ2n) is 14.3. The summed E-state index contributed by atoms with van der Waals surface area (Å²) in [5.41, 5.74) is 2.41. The van der Waals surface area contributed by atoms with Crippen LogP contribution in [0.3, 0.4) is 0 Å². The second kappa shape index (κ2) is 6.19. The van der Waals surface area contributed by atoms with Crippen LogP contribution >= 0.6 is 0 Å². The Balaban J connectivity index is 1.29. The van der Waals surface area contributed by atoms with Gasteiger partial charge in [-0.2, -0.15) is 0 Å². The maximum absolute atomic E-state index is 12.1. The first kappa shape index (κ1) is 20.5. The van der Waals surface area contributed by atoms with Crippen LogP contribution in [0, 0.1) is 22.7 Å². The molecule has 0 amide bonds. The highest BCUT2D eigenvalue weighted by atomic mass is 16.3. The second-order valence-corrected chi connectivity index (χ2v) is 14.3. The standard InChI is InChI=1S/C32H38O2/c33-31-15-23-11-27(19-31,25-7-3-1-4-8-25)17-29(13-23,21-31)30-14-24-12-28(18-30,20-32(34,16-24)22-30)26-9-5-2-6-10-26/h1-10,23-24,33-34H,11-22H2. The van der Waals surface area contributed by atoms with Crippen molar-refractivity contribution in [1.82, 2.24) is 0 Å². The number of hydrogen-bond donors (Lipinski definition) is 2. The molecule has 8 aliphatic rings. The predicted molar refractivity (Wildman–Crippen MR) is 133 cm³/mol. The van der Waals surface area contributed by atoms with Crippen molar-refractivity contribution >= 4 is 0 Å². The van der Waals surface area contributed by atoms with Crippen molar-refractivity contribution < 1.29 is 10.2 Å². The van der Waals surface area contributed by atoms with E-state index in [9.17, 15) is 10.2 Å². The van der Waals surface area contributed by atoms with Crippen LogP contribution in [0.15, 0.2) is 60.7 Å². The van der Waals surface area contributed by atoms with Crippen LogP contribution in [-0.2, 0) is 10.8 Å². The van der Waals surface area contributed by atoms with Gasteiger partial charge in [-0.3, -0.25) is 0 Å². The monoisotopic (exact) mass is 454 g/mol. The van der Waals surface area contributed by atoms with E-state index in [0.29, 0.717) is 11.8 Å². The minimum absolute atomic E-state index is 0.112. The third kappa shape index (κ3) is 2.55. The fourth-order valence-electron chi connectivity index (χ4n) is 12.2. The van der Waals surface area contributed by atoms with E-state index in [1.54, 1.807) is 0 Å². The van der Waals surface area contributed by atoms with E-state index in [1.807, 2.05) is 0 Å². The molecule has 0 heterocycles. The third-order valence-corrected chi connectivity index (χ3v) is 12.0. The van der Waals surface area contributed by atoms with Crippen molar-refractivity contribution in [2.45, 2.75) is 99.1 Å². The average molecular weight is 455 g/mol. The summed E-state index contributed by atoms with van der Waals surface area (Å²) in [6.45, 7) is 0. The van der Waals surface area contributed by atoms with Crippen molar-refractivity contribution in [3.8, 4) is 0 Å². The van der Waals surface area contributed by atoms with Gasteiger partial charge in [0.25, 0.3) is 0 Å². The SMILES string of the molecule is OC12CC3CC(c4ccccc4)(C1)CC(C14CC5CC(O)(CC(c6ccccc6)(C5)C1)C4)(C3)C2. The summed E-state index contributed by atoms with van der Waals surface area (Å²) in [6.07, 6.45) is 13.3. The Bertz CT molecular complexity index is 1050. The summed E-state index contributed by atoms with van der Waals surface area (Å²) in [6, 6.07) is 22.4. The zero-order valence-corrected chi connectivity index (χ0v) is 20.3. The number of hydrogen-bond acceptors (Lipinski definition) is 2. The largest absolute Gasteiger partial charge is 0.390 e. The molecule has 2 aromatic rings. The van der Waals surface area contributed by atoms with E-state index >= 15 is 0 Å². The minimum atomic E-state index is -0.527. The van der Waals surface area contributed by atoms with Gasteiger partial charge in [0.05, 0.1) is 11.2 Å². The van der Waals surface area contributed by atoms with Crippen molar-refractivity contribution in [3.05, 3.63) is 71.8 Å². The zero-order chi connectivity index (χ0) is 22.9. The molecule has 2 heteroatoms. The Morgan fingerprint density at radius 1 is 0.471 bits per heavy atom. The van der Waals surface area contributed by atoms with E-state index in [4.69, 9.17) is 0 Å². The van der Waals surface area contributed by atoms with Gasteiger partial charge in [-0.1, -0.05) is 60.7 Å². The molecule has 34 heavy (non-hydrogen) atoms. The van der Waals surface area contributed by atoms with Gasteiger partial charge in [0.1, 0.15) is 0 Å². The van der Waals surface area contributed by atoms with Gasteiger partial charge >= 0.3 is 0 Å². The smallest absolute Gasteiger partial charge is 0.0664 e. The van der Waals surface area contributed by atoms with Gasteiger partial charge in [-0.05, 0) is 122 Å². The zero-order valence-electron chi connectivity index (χ0n) is 20.3. The lowest BCUT2D eigenvalue weighted by Crippen LogP contribution is -2.72. The van der Waals surface area contributed by atoms with E-state index in [1.165, 1.54) is 49.7 Å². The van der Waals surface area contributed by atoms with Crippen LogP contribution in [0.1, 0.15) is 88.2 Å². The van der Waals surface area contributed by atoms with Gasteiger partial charge in [0, 0.05) is 0 Å². The highest BCUT2D eigenvalue weighted by Gasteiger charge is 2.74. The molecule has 8 saturated carbocycles. The summed E-state index contributed by atoms with van der Waals surface area (Å²) in [7, 11) is 0. The van der Waals surface area contributed by atoms with Crippen LogP contribution in [-0.4, -0.2) is 21.4 Å². The van der Waals surface area contributed by atoms with Crippen molar-refractivity contribution in [3.63, 3.8) is 0 Å². The number of benzene rings is 2. The molecule has 2 aromatic carbocycles. The average Bonchev–Trinajstić information content (AvgIpc) is 2.77. The maximum atomic E-state index is 12.1. The van der Waals surface area contributed by atoms with E-state index in [2.05, 4.69) is 60.7 Å². The first-order valence-corrected chi connectivity index (χ1v) is 13.8. The summed E-state index contributed by atoms with van der Waals surface area (Å²) < 4.78 is 0. The molecule has 8 unspecified atom stereocenters. The fraction of sp³-hybridized carbons (Fsp3) is 0.625. The summed E-state index contributed by atoms with van der Waals surface area (Å²) in [4.78, 5) is 0. The first-order valence-electron chi connectivity index (χ1n) is 13.8. The van der Waals surface area contributed by atoms with E-state index in [-0.39, 0.29) is 21.7 Å². The number of rotatable bonds is 3. The first-order chi connectivity index (χ1) is 16.3. The van der Waals surface area contributed by atoms with E-state index in [0.717, 1.165) is 38.5 Å². The molecule has 8 aliphatic carbocycles. The van der Waals surface area contributed by atoms with Crippen molar-refractivity contribution in [1.29, 1.82) is 0 Å². The molecule has 8 atom stereocenters. The molecule has 0 spiro atoms. The Kier molecular flexibility index (Phi) is 3.74. The Morgan fingerprint density at radius 2 is 0.882 bits per heavy atom. The lowest BCUT2D eigenvalue weighted by atomic mass is 9.29. The molecule has 2 N–H and O–H groups in total. The van der Waals surface area contributed by atoms with Crippen LogP contribution in [0.5, 0.6) is 0 Å². The van der Waals surface area contributed by atoms with Crippen LogP contribution in [0.4, 0.5) is 0 Å². The van der Waals surface area contributed by atoms with Gasteiger partial charge in [-0.15, -0.1) is 0 Å². The van der Waals surface area contributed by atoms with Gasteiger partial charge in [-0.25, -0.2) is 0 Å². The molecule has 2 nitrogen and oxygen atoms in total. The Morgan fingerprint density at radius 3 is 1.26 bits per heavy atom. The highest BCUT2D eigenvalue weighted by molar-refractivity contribution is 5.37. The minimum Gasteiger partial charge on any atom is -0.390 e. The fourth-order valence-corrected chi connectivity index (χ4v) is 12.2. The molecule has 8 fully saturated rings. The van der Waals surface area contributed by atoms with Gasteiger partial charge in [0.2, 0.25) is 0 Å². The molecule has 10 rings (SSSR count). The molecule has 0 aromatic heterocycles. The van der Waals surface area contributed by atoms with E-state index < -0.39 is 11.2 Å². The Hall–Kier alpha value is -1.64. The van der Waals surface area contributed by atoms with Crippen LogP contribution in [0.2, 0.25) is 0 Å². The van der Waals surface area contributed by atoms with Gasteiger partial charge in [0.15, 0.2) is 0 Å². The molecular weight excluding hydrogens is 416 g/mol. The van der Waals surface area contributed by atoms with Gasteiger partial charge < -0.3 is 10.2 Å². The lowest BCUT2D eigenvalue weighted by Gasteiger charge is -2.76. The molecule has 0 aliphatic heterocycles. The molecule has 0 radical (unpaired) electrons. The highest BCUT2D eigenvalue weighted by Crippen LogP contribution is 2.79. The topological polar surface area (TPSA) is 40.5 Å². The lowest BCUT2D eigenvalue weighted by molar-refractivity contribution is -0.275. The number of aliphatic hydroxyl groups is 2. The summed E-state index contributed by atoms with van der Waals surface area (Å²) >= 11 is 0. The quantitative estimate of drug-likeness (QED) is 0.572. The molecule has 8 bridgehead atoms. The molecule has 178 valence electrons. The normalized spacial score (nSPS) is 52.3. The summed E-state index contributed by atoms with van der Waals surface area (Å²) in [5.74, 6) is 1.24. The van der Waals surface area contributed by atoms with Crippen LogP contribution in [0.25, 0.3) is 0 Å². The van der Waals surface area contributed by atoms with Crippen molar-refractivity contribution in [2.75, 3.05) is 0 Å². The molecule has 0 saturated heterocycles. The van der Waals surface area contributed by atoms with Crippen LogP contribution < -0.4 is 0 Å². The van der Waals surface area contributed by atoms with Crippen molar-refractivity contribution in [2.24, 2.45) is 22.7 Å². The molecular formula is C32H38O2. The third-order valence-electron chi connectivity index (χ3n) is 12.0.